The Morgan fingerprint density at radius 1 is 1.38 bits per heavy atom. The van der Waals surface area contributed by atoms with Crippen molar-refractivity contribution in [1.82, 2.24) is 0 Å². The van der Waals surface area contributed by atoms with Crippen LogP contribution in [0.5, 0.6) is 0 Å². The predicted octanol–water partition coefficient (Wildman–Crippen LogP) is 3.21. The molecule has 1 heterocycles. The van der Waals surface area contributed by atoms with E-state index >= 15 is 0 Å². The average Bonchev–Trinajstić information content (AvgIpc) is 2.37. The van der Waals surface area contributed by atoms with Crippen LogP contribution < -0.4 is 0 Å². The Morgan fingerprint density at radius 3 is 3.15 bits per heavy atom. The van der Waals surface area contributed by atoms with E-state index in [0.717, 1.165) is 11.2 Å². The molecule has 0 N–H and O–H groups in total. The first-order valence-electron chi connectivity index (χ1n) is 5.22. The molecule has 2 unspecified atom stereocenters. The summed E-state index contributed by atoms with van der Waals surface area (Å²) in [5.41, 5.74) is 1.53. The summed E-state index contributed by atoms with van der Waals surface area (Å²) in [7, 11) is 1.76. The number of fused-ring (bicyclic) bond motifs is 1. The first-order valence-corrected chi connectivity index (χ1v) is 6.27. The second-order valence-electron chi connectivity index (χ2n) is 4.09. The van der Waals surface area contributed by atoms with Crippen LogP contribution in [0.1, 0.15) is 32.1 Å². The maximum atomic E-state index is 5.09. The standard InChI is InChI=1S/C11H18OS/c1-12-8-9-6-10-4-2-3-5-13-11(10)7-9/h8,10-11H,2-7H2,1H3/b9-8-. The van der Waals surface area contributed by atoms with Gasteiger partial charge in [0, 0.05) is 5.25 Å². The van der Waals surface area contributed by atoms with Crippen LogP contribution in [0.3, 0.4) is 0 Å². The minimum Gasteiger partial charge on any atom is -0.504 e. The quantitative estimate of drug-likeness (QED) is 0.598. The number of allylic oxidation sites excluding steroid dienone is 1. The highest BCUT2D eigenvalue weighted by Crippen LogP contribution is 2.43. The van der Waals surface area contributed by atoms with E-state index < -0.39 is 0 Å². The highest BCUT2D eigenvalue weighted by atomic mass is 32.2. The van der Waals surface area contributed by atoms with Crippen LogP contribution in [-0.4, -0.2) is 18.1 Å². The van der Waals surface area contributed by atoms with Crippen LogP contribution in [0.15, 0.2) is 11.8 Å². The maximum Gasteiger partial charge on any atom is 0.0817 e. The van der Waals surface area contributed by atoms with E-state index in [2.05, 4.69) is 11.8 Å². The predicted molar refractivity (Wildman–Crippen MR) is 57.9 cm³/mol. The topological polar surface area (TPSA) is 9.23 Å². The van der Waals surface area contributed by atoms with E-state index in [1.807, 2.05) is 6.26 Å². The Balaban J connectivity index is 1.97. The fourth-order valence-electron chi connectivity index (χ4n) is 2.47. The Morgan fingerprint density at radius 2 is 2.31 bits per heavy atom. The van der Waals surface area contributed by atoms with E-state index in [1.165, 1.54) is 43.4 Å². The molecule has 74 valence electrons. The van der Waals surface area contributed by atoms with E-state index in [1.54, 1.807) is 7.11 Å². The number of rotatable bonds is 1. The molecule has 0 aromatic heterocycles. The molecule has 0 amide bonds. The lowest BCUT2D eigenvalue weighted by molar-refractivity contribution is 0.332. The number of methoxy groups -OCH3 is 1. The Labute approximate surface area is 84.9 Å². The van der Waals surface area contributed by atoms with Crippen LogP contribution in [-0.2, 0) is 4.74 Å². The minimum atomic E-state index is 0.906. The van der Waals surface area contributed by atoms with Gasteiger partial charge in [-0.2, -0.15) is 11.8 Å². The van der Waals surface area contributed by atoms with Gasteiger partial charge in [0.2, 0.25) is 0 Å². The van der Waals surface area contributed by atoms with Crippen molar-refractivity contribution < 1.29 is 4.74 Å². The normalized spacial score (nSPS) is 37.2. The fourth-order valence-corrected chi connectivity index (χ4v) is 3.98. The molecule has 2 rings (SSSR count). The van der Waals surface area contributed by atoms with Crippen molar-refractivity contribution >= 4 is 11.8 Å². The largest absolute Gasteiger partial charge is 0.504 e. The average molecular weight is 198 g/mol. The molecule has 1 aliphatic heterocycles. The van der Waals surface area contributed by atoms with Crippen LogP contribution in [0, 0.1) is 5.92 Å². The van der Waals surface area contributed by atoms with Gasteiger partial charge < -0.3 is 4.74 Å². The summed E-state index contributed by atoms with van der Waals surface area (Å²) >= 11 is 2.19. The molecular formula is C11H18OS. The summed E-state index contributed by atoms with van der Waals surface area (Å²) < 4.78 is 5.09. The lowest BCUT2D eigenvalue weighted by atomic mass is 10.0. The smallest absolute Gasteiger partial charge is 0.0817 e. The number of hydrogen-bond acceptors (Lipinski definition) is 2. The zero-order chi connectivity index (χ0) is 9.10. The SMILES string of the molecule is CO/C=C1/CC2CCCCSC2C1. The summed E-state index contributed by atoms with van der Waals surface area (Å²) in [5.74, 6) is 2.33. The van der Waals surface area contributed by atoms with Gasteiger partial charge >= 0.3 is 0 Å². The molecule has 0 radical (unpaired) electrons. The number of ether oxygens (including phenoxy) is 1. The molecule has 2 atom stereocenters. The van der Waals surface area contributed by atoms with Gasteiger partial charge in [0.25, 0.3) is 0 Å². The van der Waals surface area contributed by atoms with E-state index in [0.29, 0.717) is 0 Å². The van der Waals surface area contributed by atoms with Crippen molar-refractivity contribution in [1.29, 1.82) is 0 Å². The lowest BCUT2D eigenvalue weighted by Crippen LogP contribution is -2.07. The van der Waals surface area contributed by atoms with Gasteiger partial charge in [0.05, 0.1) is 13.4 Å². The third kappa shape index (κ3) is 2.22. The highest BCUT2D eigenvalue weighted by molar-refractivity contribution is 7.99. The molecule has 0 bridgehead atoms. The van der Waals surface area contributed by atoms with E-state index in [4.69, 9.17) is 4.74 Å². The maximum absolute atomic E-state index is 5.09. The van der Waals surface area contributed by atoms with Gasteiger partial charge in [-0.15, -0.1) is 0 Å². The second-order valence-corrected chi connectivity index (χ2v) is 5.43. The summed E-state index contributed by atoms with van der Waals surface area (Å²) in [6.45, 7) is 0. The van der Waals surface area contributed by atoms with Crippen molar-refractivity contribution in [3.63, 3.8) is 0 Å². The third-order valence-corrected chi connectivity index (χ3v) is 4.60. The first-order chi connectivity index (χ1) is 6.40. The molecule has 13 heavy (non-hydrogen) atoms. The van der Waals surface area contributed by atoms with Crippen molar-refractivity contribution in [3.05, 3.63) is 11.8 Å². The van der Waals surface area contributed by atoms with Crippen LogP contribution in [0.25, 0.3) is 0 Å². The van der Waals surface area contributed by atoms with E-state index in [-0.39, 0.29) is 0 Å². The molecule has 1 nitrogen and oxygen atoms in total. The van der Waals surface area contributed by atoms with Crippen LogP contribution in [0.2, 0.25) is 0 Å². The van der Waals surface area contributed by atoms with Gasteiger partial charge in [0.15, 0.2) is 0 Å². The molecular weight excluding hydrogens is 180 g/mol. The minimum absolute atomic E-state index is 0.906. The summed E-state index contributed by atoms with van der Waals surface area (Å²) in [6.07, 6.45) is 8.86. The third-order valence-electron chi connectivity index (χ3n) is 3.10. The van der Waals surface area contributed by atoms with Crippen molar-refractivity contribution in [2.24, 2.45) is 5.92 Å². The highest BCUT2D eigenvalue weighted by Gasteiger charge is 2.31. The van der Waals surface area contributed by atoms with Crippen molar-refractivity contribution in [2.45, 2.75) is 37.4 Å². The zero-order valence-electron chi connectivity index (χ0n) is 8.29. The molecule has 0 spiro atoms. The van der Waals surface area contributed by atoms with Crippen LogP contribution in [0.4, 0.5) is 0 Å². The molecule has 1 saturated heterocycles. The van der Waals surface area contributed by atoms with Crippen LogP contribution >= 0.6 is 11.8 Å². The lowest BCUT2D eigenvalue weighted by Gasteiger charge is -2.13. The number of hydrogen-bond donors (Lipinski definition) is 0. The van der Waals surface area contributed by atoms with Gasteiger partial charge in [-0.05, 0) is 42.9 Å². The molecule has 0 aromatic rings. The summed E-state index contributed by atoms with van der Waals surface area (Å²) in [4.78, 5) is 0. The van der Waals surface area contributed by atoms with Gasteiger partial charge in [-0.1, -0.05) is 6.42 Å². The molecule has 1 saturated carbocycles. The molecule has 2 fully saturated rings. The van der Waals surface area contributed by atoms with Gasteiger partial charge in [-0.25, -0.2) is 0 Å². The first kappa shape index (κ1) is 9.45. The molecule has 2 heteroatoms. The summed E-state index contributed by atoms with van der Waals surface area (Å²) in [5, 5.41) is 0.906. The molecule has 2 aliphatic rings. The van der Waals surface area contributed by atoms with Crippen molar-refractivity contribution in [3.8, 4) is 0 Å². The Hall–Kier alpha value is -0.110. The summed E-state index contributed by atoms with van der Waals surface area (Å²) in [6, 6.07) is 0. The fraction of sp³-hybridized carbons (Fsp3) is 0.818. The second kappa shape index (κ2) is 4.41. The number of thioether (sulfide) groups is 1. The Bertz CT molecular complexity index is 184. The van der Waals surface area contributed by atoms with Gasteiger partial charge in [-0.3, -0.25) is 0 Å². The Kier molecular flexibility index (Phi) is 3.20. The zero-order valence-corrected chi connectivity index (χ0v) is 9.11. The van der Waals surface area contributed by atoms with E-state index in [9.17, 15) is 0 Å². The van der Waals surface area contributed by atoms with Crippen molar-refractivity contribution in [2.75, 3.05) is 12.9 Å². The van der Waals surface area contributed by atoms with Gasteiger partial charge in [0.1, 0.15) is 0 Å². The molecule has 0 aromatic carbocycles. The molecule has 1 aliphatic carbocycles. The monoisotopic (exact) mass is 198 g/mol.